The summed E-state index contributed by atoms with van der Waals surface area (Å²) in [6.45, 7) is 5.38. The summed E-state index contributed by atoms with van der Waals surface area (Å²) in [5.74, 6) is -5.93. The van der Waals surface area contributed by atoms with Gasteiger partial charge in [-0.3, -0.25) is 43.2 Å². The predicted octanol–water partition coefficient (Wildman–Crippen LogP) is 6.40. The summed E-state index contributed by atoms with van der Waals surface area (Å²) in [6.07, 6.45) is -3.08. The van der Waals surface area contributed by atoms with Crippen molar-refractivity contribution in [1.29, 1.82) is 0 Å². The lowest BCUT2D eigenvalue weighted by molar-refractivity contribution is -0.135. The Hall–Kier alpha value is -11.0. The Morgan fingerprint density at radius 2 is 0.638 bits per heavy atom. The number of aryl methyl sites for hydroxylation is 3. The molecule has 0 aliphatic rings. The molecule has 6 amide bonds. The summed E-state index contributed by atoms with van der Waals surface area (Å²) in [4.78, 5) is 132. The number of anilines is 3. The Morgan fingerprint density at radius 3 is 0.862 bits per heavy atom. The number of primary amides is 3. The second-order valence-electron chi connectivity index (χ2n) is 23.7. The Morgan fingerprint density at radius 1 is 0.394 bits per heavy atom. The van der Waals surface area contributed by atoms with Gasteiger partial charge in [0, 0.05) is 111 Å². The fourth-order valence-electron chi connectivity index (χ4n) is 11.8. The average Bonchev–Trinajstić information content (AvgIpc) is 1.55. The maximum Gasteiger partial charge on any atom is 0.252 e. The first kappa shape index (κ1) is 67.4. The molecule has 24 nitrogen and oxygen atoms in total. The van der Waals surface area contributed by atoms with E-state index in [4.69, 9.17) is 48.6 Å². The number of benzene rings is 6. The van der Waals surface area contributed by atoms with E-state index in [0.717, 1.165) is 16.6 Å². The van der Waals surface area contributed by atoms with Gasteiger partial charge in [0.05, 0.1) is 21.3 Å². The maximum absolute atomic E-state index is 14.4. The molecule has 3 aromatic heterocycles. The van der Waals surface area contributed by atoms with Crippen molar-refractivity contribution in [3.63, 3.8) is 0 Å². The van der Waals surface area contributed by atoms with E-state index in [9.17, 15) is 43.2 Å². The molecule has 6 aromatic carbocycles. The molecule has 0 saturated carbocycles. The van der Waals surface area contributed by atoms with Gasteiger partial charge in [-0.1, -0.05) is 36.4 Å². The van der Waals surface area contributed by atoms with Crippen molar-refractivity contribution in [1.82, 2.24) is 15.0 Å². The first-order chi connectivity index (χ1) is 44.7. The molecule has 0 fully saturated rings. The van der Waals surface area contributed by atoms with E-state index >= 15 is 0 Å². The van der Waals surface area contributed by atoms with E-state index in [1.807, 2.05) is 18.2 Å². The van der Waals surface area contributed by atoms with Crippen molar-refractivity contribution in [2.75, 3.05) is 37.3 Å². The molecule has 18 N–H and O–H groups in total. The third-order valence-corrected chi connectivity index (χ3v) is 17.5. The van der Waals surface area contributed by atoms with E-state index < -0.39 is 94.6 Å². The van der Waals surface area contributed by atoms with Crippen LogP contribution in [0.5, 0.6) is 17.2 Å². The van der Waals surface area contributed by atoms with Crippen LogP contribution in [0.3, 0.4) is 0 Å². The highest BCUT2D eigenvalue weighted by Gasteiger charge is 2.45. The predicted molar refractivity (Wildman–Crippen MR) is 357 cm³/mol. The van der Waals surface area contributed by atoms with Crippen LogP contribution in [-0.2, 0) is 62.4 Å². The fraction of sp³-hybridized carbons (Fsp3) is 0.271. The number of hydrogen-bond acceptors (Lipinski definition) is 15. The number of carbonyl (C=O) groups excluding carboxylic acids is 9. The zero-order valence-electron chi connectivity index (χ0n) is 52.9. The van der Waals surface area contributed by atoms with Gasteiger partial charge in [0.2, 0.25) is 17.7 Å². The number of ether oxygens (including phenoxy) is 3. The number of ketones is 3. The van der Waals surface area contributed by atoms with Gasteiger partial charge in [-0.05, 0) is 164 Å². The molecule has 0 aliphatic carbocycles. The molecule has 0 unspecified atom stereocenters. The number of nitrogens with two attached hydrogens (primary N) is 6. The second-order valence-corrected chi connectivity index (χ2v) is 23.7. The van der Waals surface area contributed by atoms with Crippen molar-refractivity contribution in [2.24, 2.45) is 34.4 Å². The largest absolute Gasteiger partial charge is 0.497 e. The zero-order chi connectivity index (χ0) is 68.0. The van der Waals surface area contributed by atoms with Crippen LogP contribution in [0.1, 0.15) is 94.9 Å². The number of aromatic amines is 3. The van der Waals surface area contributed by atoms with E-state index in [1.165, 1.54) is 21.3 Å². The number of Topliss-reactive ketones (excluding diaryl/α,β-unsaturated/α-hetero) is 3. The first-order valence-electron chi connectivity index (χ1n) is 30.2. The summed E-state index contributed by atoms with van der Waals surface area (Å²) >= 11 is 0. The van der Waals surface area contributed by atoms with Crippen LogP contribution in [-0.4, -0.2) is 106 Å². The van der Waals surface area contributed by atoms with Gasteiger partial charge >= 0.3 is 0 Å². The number of nitrogens with one attached hydrogen (secondary N) is 6. The smallest absolute Gasteiger partial charge is 0.252 e. The minimum Gasteiger partial charge on any atom is -0.497 e. The number of amides is 6. The number of methoxy groups -OCH3 is 3. The standard InChI is InChI=1S/C70H76N12O12/c1-37-49(52-31-46(92-4)19-22-55(52)77-37)34-58(83)68(74,28-25-61(71)86)65(89)80-43-13-7-40(8-14-43)64(41-9-15-44(16-10-41)81-66(90)69(75,29-26-62(72)87)59(84)35-50-38(2)78-56-23-20-47(93-5)32-53(50)56)42-11-17-45(18-12-42)82-67(91)70(76,30-27-63(73)88)60(85)36-51-39(3)79-57-24-21-48(94-6)33-54(51)57/h7-24,31-33,64,77-79H,25-30,34-36,74-76H2,1-6H3,(H2,71,86)(H2,72,87)(H2,73,88)(H,80,89)(H,81,90)(H,82,91)/t68-,69-,70-/m1/s1. The molecule has 0 aliphatic heterocycles. The number of carbonyl (C=O) groups is 9. The molecule has 0 radical (unpaired) electrons. The van der Waals surface area contributed by atoms with E-state index in [2.05, 4.69) is 30.9 Å². The molecular weight excluding hydrogens is 1200 g/mol. The molecule has 488 valence electrons. The summed E-state index contributed by atoms with van der Waals surface area (Å²) in [5.41, 5.74) is 38.9. The number of aromatic nitrogens is 3. The minimum atomic E-state index is -2.22. The highest BCUT2D eigenvalue weighted by Crippen LogP contribution is 2.37. The lowest BCUT2D eigenvalue weighted by atomic mass is 9.83. The molecule has 94 heavy (non-hydrogen) atoms. The van der Waals surface area contributed by atoms with E-state index in [-0.39, 0.29) is 55.6 Å². The molecule has 3 heterocycles. The van der Waals surface area contributed by atoms with Crippen molar-refractivity contribution in [2.45, 2.75) is 101 Å². The number of rotatable bonds is 30. The van der Waals surface area contributed by atoms with Crippen LogP contribution in [0.4, 0.5) is 17.1 Å². The summed E-state index contributed by atoms with van der Waals surface area (Å²) in [5, 5.41) is 10.4. The highest BCUT2D eigenvalue weighted by molar-refractivity contribution is 6.18. The van der Waals surface area contributed by atoms with E-state index in [1.54, 1.807) is 130 Å². The third-order valence-electron chi connectivity index (χ3n) is 17.5. The van der Waals surface area contributed by atoms with Gasteiger partial charge in [-0.15, -0.1) is 0 Å². The minimum absolute atomic E-state index is 0.241. The van der Waals surface area contributed by atoms with Crippen LogP contribution in [0.2, 0.25) is 0 Å². The average molecular weight is 1280 g/mol. The topological polar surface area (TPSA) is 421 Å². The quantitative estimate of drug-likeness (QED) is 0.0171. The van der Waals surface area contributed by atoms with Gasteiger partial charge in [-0.2, -0.15) is 0 Å². The zero-order valence-corrected chi connectivity index (χ0v) is 52.9. The summed E-state index contributed by atoms with van der Waals surface area (Å²) < 4.78 is 16.3. The van der Waals surface area contributed by atoms with Crippen LogP contribution in [0, 0.1) is 20.8 Å². The van der Waals surface area contributed by atoms with Crippen LogP contribution in [0.25, 0.3) is 32.7 Å². The van der Waals surface area contributed by atoms with Crippen molar-refractivity contribution >= 4 is 103 Å². The molecule has 9 aromatic rings. The van der Waals surface area contributed by atoms with Gasteiger partial charge in [0.25, 0.3) is 17.7 Å². The highest BCUT2D eigenvalue weighted by atomic mass is 16.5. The number of hydrogen-bond donors (Lipinski definition) is 12. The normalized spacial score (nSPS) is 13.3. The number of H-pyrrole nitrogens is 3. The Balaban J connectivity index is 1.01. The van der Waals surface area contributed by atoms with Crippen LogP contribution >= 0.6 is 0 Å². The molecule has 24 heteroatoms. The molecule has 0 spiro atoms. The SMILES string of the molecule is COc1ccc2[nH]c(C)c(CC(=O)[C@](N)(CCC(N)=O)C(=O)Nc3ccc(C(c4ccc(NC(=O)[C@@](N)(CCC(N)=O)C(=O)Cc5c(C)[nH]c6ccc(OC)cc56)cc4)c4ccc(NC(=O)[C@@](N)(CCC(N)=O)C(=O)Cc5c(C)[nH]c6ccc(OC)cc56)cc4)cc3)c2c1. The van der Waals surface area contributed by atoms with Crippen LogP contribution < -0.4 is 64.6 Å². The Kier molecular flexibility index (Phi) is 20.0. The van der Waals surface area contributed by atoms with Gasteiger partial charge < -0.3 is 79.5 Å². The first-order valence-corrected chi connectivity index (χ1v) is 30.2. The van der Waals surface area contributed by atoms with Gasteiger partial charge in [-0.25, -0.2) is 0 Å². The fourth-order valence-corrected chi connectivity index (χ4v) is 11.8. The van der Waals surface area contributed by atoms with Gasteiger partial charge in [0.15, 0.2) is 34.0 Å². The maximum atomic E-state index is 14.4. The monoisotopic (exact) mass is 1280 g/mol. The molecule has 9 rings (SSSR count). The lowest BCUT2D eigenvalue weighted by Gasteiger charge is -2.27. The second kappa shape index (κ2) is 27.9. The Bertz CT molecular complexity index is 3990. The van der Waals surface area contributed by atoms with E-state index in [0.29, 0.717) is 83.9 Å². The van der Waals surface area contributed by atoms with Crippen LogP contribution in [0.15, 0.2) is 127 Å². The van der Waals surface area contributed by atoms with Crippen molar-refractivity contribution < 1.29 is 57.4 Å². The molecule has 0 bridgehead atoms. The molecule has 3 atom stereocenters. The lowest BCUT2D eigenvalue weighted by Crippen LogP contribution is -2.58. The van der Waals surface area contributed by atoms with Crippen molar-refractivity contribution in [3.05, 3.63) is 178 Å². The summed E-state index contributed by atoms with van der Waals surface area (Å²) in [6, 6.07) is 36.1. The summed E-state index contributed by atoms with van der Waals surface area (Å²) in [7, 11) is 4.56. The molecular formula is C70H76N12O12. The van der Waals surface area contributed by atoms with Gasteiger partial charge in [0.1, 0.15) is 17.2 Å². The number of fused-ring (bicyclic) bond motifs is 3. The Labute approximate surface area is 540 Å². The molecule has 0 saturated heterocycles. The van der Waals surface area contributed by atoms with Crippen molar-refractivity contribution in [3.8, 4) is 17.2 Å². The third kappa shape index (κ3) is 14.4.